The minimum absolute atomic E-state index is 0.424. The van der Waals surface area contributed by atoms with Gasteiger partial charge < -0.3 is 5.32 Å². The molecule has 0 spiro atoms. The third kappa shape index (κ3) is 7.86. The van der Waals surface area contributed by atoms with Crippen LogP contribution in [0.3, 0.4) is 0 Å². The van der Waals surface area contributed by atoms with Crippen molar-refractivity contribution in [3.63, 3.8) is 0 Å². The van der Waals surface area contributed by atoms with Gasteiger partial charge in [0.2, 0.25) is 0 Å². The molecule has 0 saturated carbocycles. The maximum Gasteiger partial charge on any atom is -0.00000114 e. The van der Waals surface area contributed by atoms with Crippen LogP contribution < -0.4 is 5.32 Å². The van der Waals surface area contributed by atoms with Gasteiger partial charge in [-0.05, 0) is 24.4 Å². The van der Waals surface area contributed by atoms with Crippen molar-refractivity contribution in [1.82, 2.24) is 5.32 Å². The van der Waals surface area contributed by atoms with Crippen LogP contribution in [0.4, 0.5) is 0 Å². The van der Waals surface area contributed by atoms with Crippen LogP contribution in [-0.4, -0.2) is 13.1 Å². The maximum atomic E-state index is 3.48. The van der Waals surface area contributed by atoms with Crippen molar-refractivity contribution in [3.05, 3.63) is 0 Å². The SMILES string of the molecule is CCC(C)CNCC(C)(C)C. The van der Waals surface area contributed by atoms with E-state index in [-0.39, 0.29) is 0 Å². The molecule has 0 radical (unpaired) electrons. The number of hydrogen-bond donors (Lipinski definition) is 1. The van der Waals surface area contributed by atoms with Crippen LogP contribution >= 0.6 is 0 Å². The predicted molar refractivity (Wildman–Crippen MR) is 51.8 cm³/mol. The summed E-state index contributed by atoms with van der Waals surface area (Å²) in [5.41, 5.74) is 0.424. The summed E-state index contributed by atoms with van der Waals surface area (Å²) >= 11 is 0. The Morgan fingerprint density at radius 3 is 2.18 bits per heavy atom. The maximum absolute atomic E-state index is 3.48. The molecular formula is C10H23N. The van der Waals surface area contributed by atoms with Gasteiger partial charge in [0.15, 0.2) is 0 Å². The molecule has 1 heteroatoms. The van der Waals surface area contributed by atoms with E-state index < -0.39 is 0 Å². The van der Waals surface area contributed by atoms with Gasteiger partial charge in [-0.3, -0.25) is 0 Å². The molecule has 0 aromatic heterocycles. The van der Waals surface area contributed by atoms with Crippen molar-refractivity contribution < 1.29 is 0 Å². The Balaban J connectivity index is 3.28. The van der Waals surface area contributed by atoms with Crippen LogP contribution in [0.25, 0.3) is 0 Å². The average molecular weight is 157 g/mol. The molecule has 0 aliphatic carbocycles. The first-order valence-electron chi connectivity index (χ1n) is 4.66. The van der Waals surface area contributed by atoms with E-state index in [1.165, 1.54) is 6.42 Å². The van der Waals surface area contributed by atoms with Crippen LogP contribution in [0.1, 0.15) is 41.0 Å². The highest BCUT2D eigenvalue weighted by Gasteiger charge is 2.09. The second-order valence-electron chi connectivity index (χ2n) is 4.70. The van der Waals surface area contributed by atoms with Crippen molar-refractivity contribution in [2.75, 3.05) is 13.1 Å². The highest BCUT2D eigenvalue weighted by Crippen LogP contribution is 2.10. The number of rotatable bonds is 4. The fourth-order valence-electron chi connectivity index (χ4n) is 0.838. The largest absolute Gasteiger partial charge is 0.316 e. The zero-order valence-corrected chi connectivity index (χ0v) is 8.70. The van der Waals surface area contributed by atoms with E-state index in [0.717, 1.165) is 19.0 Å². The van der Waals surface area contributed by atoms with Crippen molar-refractivity contribution in [3.8, 4) is 0 Å². The van der Waals surface area contributed by atoms with Gasteiger partial charge >= 0.3 is 0 Å². The summed E-state index contributed by atoms with van der Waals surface area (Å²) < 4.78 is 0. The minimum Gasteiger partial charge on any atom is -0.316 e. The first kappa shape index (κ1) is 11.0. The first-order valence-corrected chi connectivity index (χ1v) is 4.66. The first-order chi connectivity index (χ1) is 4.95. The molecule has 0 rings (SSSR count). The zero-order valence-electron chi connectivity index (χ0n) is 8.70. The van der Waals surface area contributed by atoms with Crippen LogP contribution in [0.2, 0.25) is 0 Å². The van der Waals surface area contributed by atoms with Gasteiger partial charge in [0.05, 0.1) is 0 Å². The Morgan fingerprint density at radius 2 is 1.82 bits per heavy atom. The Morgan fingerprint density at radius 1 is 1.27 bits per heavy atom. The Labute approximate surface area is 71.6 Å². The van der Waals surface area contributed by atoms with E-state index >= 15 is 0 Å². The standard InChI is InChI=1S/C10H23N/c1-6-9(2)7-11-8-10(3,4)5/h9,11H,6-8H2,1-5H3. The molecule has 0 aromatic carbocycles. The van der Waals surface area contributed by atoms with Gasteiger partial charge in [0, 0.05) is 0 Å². The fraction of sp³-hybridized carbons (Fsp3) is 1.00. The third-order valence-corrected chi connectivity index (χ3v) is 1.85. The van der Waals surface area contributed by atoms with E-state index in [1.807, 2.05) is 0 Å². The summed E-state index contributed by atoms with van der Waals surface area (Å²) in [5, 5.41) is 3.48. The quantitative estimate of drug-likeness (QED) is 0.661. The molecule has 0 aliphatic heterocycles. The Bertz CT molecular complexity index is 91.5. The van der Waals surface area contributed by atoms with Crippen molar-refractivity contribution in [2.24, 2.45) is 11.3 Å². The molecule has 0 amide bonds. The van der Waals surface area contributed by atoms with Crippen LogP contribution in [0.15, 0.2) is 0 Å². The lowest BCUT2D eigenvalue weighted by Crippen LogP contribution is -2.30. The molecule has 0 heterocycles. The summed E-state index contributed by atoms with van der Waals surface area (Å²) in [5.74, 6) is 0.817. The molecule has 1 nitrogen and oxygen atoms in total. The Hall–Kier alpha value is -0.0400. The molecule has 0 aromatic rings. The van der Waals surface area contributed by atoms with Crippen molar-refractivity contribution in [2.45, 2.75) is 41.0 Å². The number of nitrogens with one attached hydrogen (secondary N) is 1. The lowest BCUT2D eigenvalue weighted by Gasteiger charge is -2.20. The van der Waals surface area contributed by atoms with Gasteiger partial charge in [-0.15, -0.1) is 0 Å². The fourth-order valence-corrected chi connectivity index (χ4v) is 0.838. The summed E-state index contributed by atoms with van der Waals surface area (Å²) in [6.45, 7) is 13.6. The second-order valence-corrected chi connectivity index (χ2v) is 4.70. The van der Waals surface area contributed by atoms with Gasteiger partial charge in [-0.25, -0.2) is 0 Å². The summed E-state index contributed by atoms with van der Waals surface area (Å²) in [7, 11) is 0. The van der Waals surface area contributed by atoms with Crippen molar-refractivity contribution in [1.29, 1.82) is 0 Å². The van der Waals surface area contributed by atoms with Crippen LogP contribution in [0, 0.1) is 11.3 Å². The molecule has 0 fully saturated rings. The molecule has 11 heavy (non-hydrogen) atoms. The predicted octanol–water partition coefficient (Wildman–Crippen LogP) is 2.67. The highest BCUT2D eigenvalue weighted by atomic mass is 14.9. The molecule has 1 atom stereocenters. The molecule has 0 bridgehead atoms. The van der Waals surface area contributed by atoms with Gasteiger partial charge in [0.1, 0.15) is 0 Å². The minimum atomic E-state index is 0.424. The third-order valence-electron chi connectivity index (χ3n) is 1.85. The summed E-state index contributed by atoms with van der Waals surface area (Å²) in [6.07, 6.45) is 1.27. The van der Waals surface area contributed by atoms with Crippen molar-refractivity contribution >= 4 is 0 Å². The average Bonchev–Trinajstić information content (AvgIpc) is 1.85. The van der Waals surface area contributed by atoms with Gasteiger partial charge in [-0.1, -0.05) is 41.0 Å². The normalized spacial score (nSPS) is 15.0. The van der Waals surface area contributed by atoms with E-state index in [9.17, 15) is 0 Å². The summed E-state index contributed by atoms with van der Waals surface area (Å²) in [4.78, 5) is 0. The van der Waals surface area contributed by atoms with E-state index in [4.69, 9.17) is 0 Å². The Kier molecular flexibility index (Phi) is 4.74. The van der Waals surface area contributed by atoms with Crippen LogP contribution in [-0.2, 0) is 0 Å². The smallest absolute Gasteiger partial charge is 0.00000114 e. The second kappa shape index (κ2) is 4.76. The monoisotopic (exact) mass is 157 g/mol. The van der Waals surface area contributed by atoms with Gasteiger partial charge in [-0.2, -0.15) is 0 Å². The lowest BCUT2D eigenvalue weighted by atomic mass is 9.96. The molecule has 68 valence electrons. The van der Waals surface area contributed by atoms with Gasteiger partial charge in [0.25, 0.3) is 0 Å². The van der Waals surface area contributed by atoms with Crippen LogP contribution in [0.5, 0.6) is 0 Å². The van der Waals surface area contributed by atoms with E-state index in [1.54, 1.807) is 0 Å². The molecular weight excluding hydrogens is 134 g/mol. The topological polar surface area (TPSA) is 12.0 Å². The molecule has 0 aliphatic rings. The zero-order chi connectivity index (χ0) is 8.91. The van der Waals surface area contributed by atoms with E-state index in [0.29, 0.717) is 5.41 Å². The molecule has 1 N–H and O–H groups in total. The van der Waals surface area contributed by atoms with E-state index in [2.05, 4.69) is 39.9 Å². The molecule has 1 unspecified atom stereocenters. The summed E-state index contributed by atoms with van der Waals surface area (Å²) in [6, 6.07) is 0. The lowest BCUT2D eigenvalue weighted by molar-refractivity contribution is 0.361. The highest BCUT2D eigenvalue weighted by molar-refractivity contribution is 4.65. The molecule has 0 saturated heterocycles. The number of hydrogen-bond acceptors (Lipinski definition) is 1.